The van der Waals surface area contributed by atoms with E-state index in [0.717, 1.165) is 18.8 Å². The molecular formula is C18H20F2N2O2. The van der Waals surface area contributed by atoms with Gasteiger partial charge in [0.2, 0.25) is 0 Å². The highest BCUT2D eigenvalue weighted by atomic mass is 19.3. The van der Waals surface area contributed by atoms with Crippen LogP contribution in [0.4, 0.5) is 20.2 Å². The van der Waals surface area contributed by atoms with Crippen molar-refractivity contribution in [1.29, 1.82) is 0 Å². The van der Waals surface area contributed by atoms with E-state index in [1.165, 1.54) is 12.1 Å². The molecule has 1 amide bonds. The molecule has 0 saturated heterocycles. The number of hydrogen-bond acceptors (Lipinski definition) is 3. The standard InChI is InChI=1S/C18H20F2N2O2/c1-3-22(4-2)14-11-9-13(10-12-14)17(23)21-15-7-5-6-8-16(15)24-18(19)20/h5-12,18H,3-4H2,1-2H3,(H,21,23). The summed E-state index contributed by atoms with van der Waals surface area (Å²) in [5.74, 6) is -0.452. The van der Waals surface area contributed by atoms with Gasteiger partial charge in [-0.3, -0.25) is 4.79 Å². The van der Waals surface area contributed by atoms with Crippen LogP contribution in [0.1, 0.15) is 24.2 Å². The molecular weight excluding hydrogens is 314 g/mol. The Hall–Kier alpha value is -2.63. The topological polar surface area (TPSA) is 41.6 Å². The van der Waals surface area contributed by atoms with Crippen LogP contribution in [-0.2, 0) is 0 Å². The van der Waals surface area contributed by atoms with Gasteiger partial charge >= 0.3 is 6.61 Å². The zero-order valence-electron chi connectivity index (χ0n) is 13.6. The number of para-hydroxylation sites is 2. The van der Waals surface area contributed by atoms with Crippen LogP contribution in [0.3, 0.4) is 0 Å². The fraction of sp³-hybridized carbons (Fsp3) is 0.278. The maximum atomic E-state index is 12.4. The molecule has 4 nitrogen and oxygen atoms in total. The van der Waals surface area contributed by atoms with Crippen molar-refractivity contribution in [2.45, 2.75) is 20.5 Å². The van der Waals surface area contributed by atoms with Crippen molar-refractivity contribution in [3.63, 3.8) is 0 Å². The van der Waals surface area contributed by atoms with Gasteiger partial charge in [-0.15, -0.1) is 0 Å². The molecule has 2 rings (SSSR count). The Balaban J connectivity index is 2.13. The molecule has 24 heavy (non-hydrogen) atoms. The highest BCUT2D eigenvalue weighted by Gasteiger charge is 2.13. The van der Waals surface area contributed by atoms with Gasteiger partial charge in [-0.25, -0.2) is 0 Å². The minimum Gasteiger partial charge on any atom is -0.433 e. The molecule has 0 unspecified atom stereocenters. The van der Waals surface area contributed by atoms with Crippen LogP contribution in [0.5, 0.6) is 5.75 Å². The third-order valence-corrected chi connectivity index (χ3v) is 3.61. The summed E-state index contributed by atoms with van der Waals surface area (Å²) in [7, 11) is 0. The summed E-state index contributed by atoms with van der Waals surface area (Å²) in [6, 6.07) is 13.2. The Morgan fingerprint density at radius 2 is 1.71 bits per heavy atom. The molecule has 0 bridgehead atoms. The monoisotopic (exact) mass is 334 g/mol. The largest absolute Gasteiger partial charge is 0.433 e. The van der Waals surface area contributed by atoms with Crippen LogP contribution in [0.25, 0.3) is 0 Å². The lowest BCUT2D eigenvalue weighted by Crippen LogP contribution is -2.22. The highest BCUT2D eigenvalue weighted by molar-refractivity contribution is 6.05. The molecule has 0 aliphatic rings. The van der Waals surface area contributed by atoms with Gasteiger partial charge in [0.05, 0.1) is 5.69 Å². The van der Waals surface area contributed by atoms with Crippen molar-refractivity contribution in [2.24, 2.45) is 0 Å². The molecule has 2 aromatic rings. The van der Waals surface area contributed by atoms with E-state index in [2.05, 4.69) is 28.8 Å². The third-order valence-electron chi connectivity index (χ3n) is 3.61. The number of ether oxygens (including phenoxy) is 1. The maximum Gasteiger partial charge on any atom is 0.387 e. The first kappa shape index (κ1) is 17.7. The summed E-state index contributed by atoms with van der Waals surface area (Å²) in [6.45, 7) is 2.92. The predicted octanol–water partition coefficient (Wildman–Crippen LogP) is 4.39. The first-order valence-electron chi connectivity index (χ1n) is 7.75. The van der Waals surface area contributed by atoms with Crippen LogP contribution in [-0.4, -0.2) is 25.6 Å². The van der Waals surface area contributed by atoms with Gasteiger partial charge in [-0.2, -0.15) is 8.78 Å². The van der Waals surface area contributed by atoms with Crippen LogP contribution in [0.15, 0.2) is 48.5 Å². The number of halogens is 2. The Labute approximate surface area is 140 Å². The molecule has 0 aromatic heterocycles. The number of alkyl halides is 2. The molecule has 0 spiro atoms. The van der Waals surface area contributed by atoms with E-state index in [1.54, 1.807) is 24.3 Å². The smallest absolute Gasteiger partial charge is 0.387 e. The number of benzene rings is 2. The molecule has 0 saturated carbocycles. The van der Waals surface area contributed by atoms with E-state index in [1.807, 2.05) is 12.1 Å². The molecule has 0 aliphatic heterocycles. The van der Waals surface area contributed by atoms with E-state index in [-0.39, 0.29) is 17.3 Å². The third kappa shape index (κ3) is 4.44. The number of carbonyl (C=O) groups excluding carboxylic acids is 1. The van der Waals surface area contributed by atoms with Crippen LogP contribution in [0.2, 0.25) is 0 Å². The van der Waals surface area contributed by atoms with E-state index >= 15 is 0 Å². The van der Waals surface area contributed by atoms with Crippen LogP contribution >= 0.6 is 0 Å². The van der Waals surface area contributed by atoms with Gasteiger partial charge in [0.1, 0.15) is 5.75 Å². The van der Waals surface area contributed by atoms with Gasteiger partial charge in [-0.05, 0) is 50.2 Å². The number of nitrogens with zero attached hydrogens (tertiary/aromatic N) is 1. The van der Waals surface area contributed by atoms with Crippen LogP contribution in [0, 0.1) is 0 Å². The van der Waals surface area contributed by atoms with Gasteiger partial charge in [-0.1, -0.05) is 12.1 Å². The second-order valence-corrected chi connectivity index (χ2v) is 5.05. The number of carbonyl (C=O) groups is 1. The minimum absolute atomic E-state index is 0.0689. The normalized spacial score (nSPS) is 10.5. The second-order valence-electron chi connectivity index (χ2n) is 5.05. The van der Waals surface area contributed by atoms with Crippen molar-refractivity contribution >= 4 is 17.3 Å². The summed E-state index contributed by atoms with van der Waals surface area (Å²) in [5, 5.41) is 2.60. The molecule has 0 radical (unpaired) electrons. The summed E-state index contributed by atoms with van der Waals surface area (Å²) in [4.78, 5) is 14.5. The zero-order chi connectivity index (χ0) is 17.5. The van der Waals surface area contributed by atoms with Crippen molar-refractivity contribution in [3.8, 4) is 5.75 Å². The van der Waals surface area contributed by atoms with Gasteiger partial charge in [0.25, 0.3) is 5.91 Å². The Morgan fingerprint density at radius 3 is 2.29 bits per heavy atom. The molecule has 0 atom stereocenters. The quantitative estimate of drug-likeness (QED) is 0.817. The maximum absolute atomic E-state index is 12.4. The summed E-state index contributed by atoms with van der Waals surface area (Å²) in [6.07, 6.45) is 0. The fourth-order valence-corrected chi connectivity index (χ4v) is 2.38. The van der Waals surface area contributed by atoms with E-state index in [0.29, 0.717) is 5.56 Å². The van der Waals surface area contributed by atoms with E-state index in [9.17, 15) is 13.6 Å². The zero-order valence-corrected chi connectivity index (χ0v) is 13.6. The van der Waals surface area contributed by atoms with Gasteiger partial charge < -0.3 is 15.0 Å². The number of hydrogen-bond donors (Lipinski definition) is 1. The number of rotatable bonds is 7. The number of amides is 1. The molecule has 6 heteroatoms. The lowest BCUT2D eigenvalue weighted by molar-refractivity contribution is -0.0493. The minimum atomic E-state index is -2.95. The molecule has 0 heterocycles. The molecule has 128 valence electrons. The first-order valence-corrected chi connectivity index (χ1v) is 7.75. The lowest BCUT2D eigenvalue weighted by Gasteiger charge is -2.21. The Morgan fingerprint density at radius 1 is 1.08 bits per heavy atom. The Bertz CT molecular complexity index is 671. The van der Waals surface area contributed by atoms with Crippen molar-refractivity contribution in [2.75, 3.05) is 23.3 Å². The Kier molecular flexibility index (Phi) is 6.12. The lowest BCUT2D eigenvalue weighted by atomic mass is 10.1. The molecule has 0 aliphatic carbocycles. The van der Waals surface area contributed by atoms with Gasteiger partial charge in [0.15, 0.2) is 0 Å². The van der Waals surface area contributed by atoms with Crippen molar-refractivity contribution < 1.29 is 18.3 Å². The van der Waals surface area contributed by atoms with Crippen LogP contribution < -0.4 is 15.0 Å². The number of nitrogens with one attached hydrogen (secondary N) is 1. The van der Waals surface area contributed by atoms with E-state index in [4.69, 9.17) is 0 Å². The average Bonchev–Trinajstić information content (AvgIpc) is 2.58. The summed E-state index contributed by atoms with van der Waals surface area (Å²) < 4.78 is 29.2. The van der Waals surface area contributed by atoms with Crippen molar-refractivity contribution in [1.82, 2.24) is 0 Å². The molecule has 0 fully saturated rings. The summed E-state index contributed by atoms with van der Waals surface area (Å²) >= 11 is 0. The van der Waals surface area contributed by atoms with Crippen molar-refractivity contribution in [3.05, 3.63) is 54.1 Å². The predicted molar refractivity (Wildman–Crippen MR) is 91.0 cm³/mol. The SMILES string of the molecule is CCN(CC)c1ccc(C(=O)Nc2ccccc2OC(F)F)cc1. The second kappa shape index (κ2) is 8.29. The summed E-state index contributed by atoms with van der Waals surface area (Å²) in [5.41, 5.74) is 1.67. The average molecular weight is 334 g/mol. The van der Waals surface area contributed by atoms with Gasteiger partial charge in [0, 0.05) is 24.3 Å². The number of anilines is 2. The highest BCUT2D eigenvalue weighted by Crippen LogP contribution is 2.26. The fourth-order valence-electron chi connectivity index (χ4n) is 2.38. The molecule has 1 N–H and O–H groups in total. The molecule has 2 aromatic carbocycles. The van der Waals surface area contributed by atoms with E-state index < -0.39 is 6.61 Å². The first-order chi connectivity index (χ1) is 11.5.